The van der Waals surface area contributed by atoms with Crippen molar-refractivity contribution in [2.24, 2.45) is 5.92 Å². The SMILES string of the molecule is C=CCC(=O)OCCCC(C)C. The highest BCUT2D eigenvalue weighted by Crippen LogP contribution is 2.03. The number of hydrogen-bond donors (Lipinski definition) is 0. The van der Waals surface area contributed by atoms with E-state index in [4.69, 9.17) is 4.74 Å². The van der Waals surface area contributed by atoms with Gasteiger partial charge >= 0.3 is 5.97 Å². The number of carbonyl (C=O) groups excluding carboxylic acids is 1. The monoisotopic (exact) mass is 170 g/mol. The van der Waals surface area contributed by atoms with Crippen LogP contribution in [0.2, 0.25) is 0 Å². The summed E-state index contributed by atoms with van der Waals surface area (Å²) in [6.07, 6.45) is 3.95. The van der Waals surface area contributed by atoms with E-state index in [-0.39, 0.29) is 5.97 Å². The Bertz CT molecular complexity index is 139. The first-order valence-electron chi connectivity index (χ1n) is 4.43. The molecule has 0 aliphatic carbocycles. The molecule has 0 saturated heterocycles. The number of carbonyl (C=O) groups is 1. The van der Waals surface area contributed by atoms with Gasteiger partial charge in [-0.05, 0) is 18.8 Å². The highest BCUT2D eigenvalue weighted by atomic mass is 16.5. The predicted octanol–water partition coefficient (Wildman–Crippen LogP) is 2.54. The quantitative estimate of drug-likeness (QED) is 0.348. The van der Waals surface area contributed by atoms with E-state index in [2.05, 4.69) is 20.4 Å². The predicted molar refractivity (Wildman–Crippen MR) is 49.8 cm³/mol. The summed E-state index contributed by atoms with van der Waals surface area (Å²) in [6, 6.07) is 0. The molecule has 0 radical (unpaired) electrons. The maximum atomic E-state index is 10.8. The fourth-order valence-corrected chi connectivity index (χ4v) is 0.854. The van der Waals surface area contributed by atoms with Crippen LogP contribution in [0.15, 0.2) is 12.7 Å². The minimum Gasteiger partial charge on any atom is -0.465 e. The highest BCUT2D eigenvalue weighted by Gasteiger charge is 1.99. The second-order valence-electron chi connectivity index (χ2n) is 3.25. The van der Waals surface area contributed by atoms with Gasteiger partial charge in [0.05, 0.1) is 13.0 Å². The van der Waals surface area contributed by atoms with Crippen LogP contribution in [0.3, 0.4) is 0 Å². The lowest BCUT2D eigenvalue weighted by atomic mass is 10.1. The van der Waals surface area contributed by atoms with Gasteiger partial charge in [-0.3, -0.25) is 4.79 Å². The standard InChI is InChI=1S/C10H18O2/c1-4-6-10(11)12-8-5-7-9(2)3/h4,9H,1,5-8H2,2-3H3. The molecule has 0 atom stereocenters. The molecule has 0 aromatic carbocycles. The van der Waals surface area contributed by atoms with Crippen LogP contribution in [0, 0.1) is 5.92 Å². The molecule has 0 spiro atoms. The Hall–Kier alpha value is -0.790. The maximum absolute atomic E-state index is 10.8. The van der Waals surface area contributed by atoms with Crippen molar-refractivity contribution in [2.75, 3.05) is 6.61 Å². The third kappa shape index (κ3) is 7.32. The van der Waals surface area contributed by atoms with Crippen molar-refractivity contribution in [1.29, 1.82) is 0 Å². The van der Waals surface area contributed by atoms with Crippen LogP contribution in [0.25, 0.3) is 0 Å². The first kappa shape index (κ1) is 11.2. The van der Waals surface area contributed by atoms with Crippen molar-refractivity contribution in [2.45, 2.75) is 33.1 Å². The van der Waals surface area contributed by atoms with Gasteiger partial charge in [-0.1, -0.05) is 19.9 Å². The zero-order valence-electron chi connectivity index (χ0n) is 8.01. The summed E-state index contributed by atoms with van der Waals surface area (Å²) in [5.74, 6) is 0.511. The first-order chi connectivity index (χ1) is 5.66. The lowest BCUT2D eigenvalue weighted by molar-refractivity contribution is -0.142. The first-order valence-corrected chi connectivity index (χ1v) is 4.43. The van der Waals surface area contributed by atoms with Crippen LogP contribution in [0.4, 0.5) is 0 Å². The number of ether oxygens (including phenoxy) is 1. The topological polar surface area (TPSA) is 26.3 Å². The van der Waals surface area contributed by atoms with Gasteiger partial charge in [0, 0.05) is 0 Å². The molecule has 12 heavy (non-hydrogen) atoms. The Morgan fingerprint density at radius 2 is 2.25 bits per heavy atom. The molecular weight excluding hydrogens is 152 g/mol. The molecule has 0 unspecified atom stereocenters. The molecule has 0 fully saturated rings. The van der Waals surface area contributed by atoms with Crippen molar-refractivity contribution < 1.29 is 9.53 Å². The Morgan fingerprint density at radius 1 is 1.58 bits per heavy atom. The van der Waals surface area contributed by atoms with Crippen LogP contribution in [0.5, 0.6) is 0 Å². The summed E-state index contributed by atoms with van der Waals surface area (Å²) in [7, 11) is 0. The molecule has 0 aromatic rings. The number of hydrogen-bond acceptors (Lipinski definition) is 2. The fraction of sp³-hybridized carbons (Fsp3) is 0.700. The van der Waals surface area contributed by atoms with E-state index in [1.54, 1.807) is 6.08 Å². The van der Waals surface area contributed by atoms with Crippen molar-refractivity contribution in [3.8, 4) is 0 Å². The smallest absolute Gasteiger partial charge is 0.309 e. The van der Waals surface area contributed by atoms with E-state index in [0.29, 0.717) is 18.9 Å². The summed E-state index contributed by atoms with van der Waals surface area (Å²) < 4.78 is 4.92. The third-order valence-electron chi connectivity index (χ3n) is 1.50. The van der Waals surface area contributed by atoms with Gasteiger partial charge in [0.2, 0.25) is 0 Å². The Morgan fingerprint density at radius 3 is 2.75 bits per heavy atom. The van der Waals surface area contributed by atoms with E-state index in [9.17, 15) is 4.79 Å². The molecule has 0 aromatic heterocycles. The van der Waals surface area contributed by atoms with Gasteiger partial charge in [0.15, 0.2) is 0 Å². The zero-order chi connectivity index (χ0) is 9.40. The summed E-state index contributed by atoms with van der Waals surface area (Å²) >= 11 is 0. The van der Waals surface area contributed by atoms with E-state index >= 15 is 0 Å². The van der Waals surface area contributed by atoms with E-state index in [1.807, 2.05) is 0 Å². The van der Waals surface area contributed by atoms with Crippen LogP contribution in [-0.2, 0) is 9.53 Å². The van der Waals surface area contributed by atoms with Gasteiger partial charge in [-0.25, -0.2) is 0 Å². The molecule has 0 heterocycles. The van der Waals surface area contributed by atoms with Crippen LogP contribution in [0.1, 0.15) is 33.1 Å². The van der Waals surface area contributed by atoms with E-state index < -0.39 is 0 Å². The van der Waals surface area contributed by atoms with Crippen molar-refractivity contribution in [3.63, 3.8) is 0 Å². The van der Waals surface area contributed by atoms with Gasteiger partial charge < -0.3 is 4.74 Å². The average Bonchev–Trinajstić information content (AvgIpc) is 1.98. The lowest BCUT2D eigenvalue weighted by Crippen LogP contribution is -2.04. The van der Waals surface area contributed by atoms with E-state index in [0.717, 1.165) is 12.8 Å². The minimum absolute atomic E-state index is 0.172. The summed E-state index contributed by atoms with van der Waals surface area (Å²) in [4.78, 5) is 10.8. The van der Waals surface area contributed by atoms with Crippen molar-refractivity contribution in [3.05, 3.63) is 12.7 Å². The average molecular weight is 170 g/mol. The van der Waals surface area contributed by atoms with Crippen LogP contribution < -0.4 is 0 Å². The summed E-state index contributed by atoms with van der Waals surface area (Å²) in [6.45, 7) is 8.32. The largest absolute Gasteiger partial charge is 0.465 e. The molecule has 2 nitrogen and oxygen atoms in total. The summed E-state index contributed by atoms with van der Waals surface area (Å²) in [5, 5.41) is 0. The molecule has 70 valence electrons. The normalized spacial score (nSPS) is 9.92. The van der Waals surface area contributed by atoms with E-state index in [1.165, 1.54) is 0 Å². The zero-order valence-corrected chi connectivity index (χ0v) is 8.01. The van der Waals surface area contributed by atoms with Crippen molar-refractivity contribution in [1.82, 2.24) is 0 Å². The molecular formula is C10H18O2. The molecule has 0 saturated carbocycles. The minimum atomic E-state index is -0.172. The Labute approximate surface area is 74.6 Å². The number of esters is 1. The fourth-order valence-electron chi connectivity index (χ4n) is 0.854. The molecule has 0 rings (SSSR count). The molecule has 0 aliphatic heterocycles. The third-order valence-corrected chi connectivity index (χ3v) is 1.50. The van der Waals surface area contributed by atoms with Crippen LogP contribution >= 0.6 is 0 Å². The second-order valence-corrected chi connectivity index (χ2v) is 3.25. The second kappa shape index (κ2) is 6.89. The maximum Gasteiger partial charge on any atom is 0.309 e. The molecule has 0 aliphatic rings. The van der Waals surface area contributed by atoms with Crippen LogP contribution in [-0.4, -0.2) is 12.6 Å². The molecule has 0 bridgehead atoms. The van der Waals surface area contributed by atoms with Gasteiger partial charge in [-0.15, -0.1) is 6.58 Å². The molecule has 0 amide bonds. The van der Waals surface area contributed by atoms with Gasteiger partial charge in [0.1, 0.15) is 0 Å². The number of rotatable bonds is 6. The van der Waals surface area contributed by atoms with Crippen molar-refractivity contribution >= 4 is 5.97 Å². The molecule has 0 N–H and O–H groups in total. The molecule has 2 heteroatoms. The Balaban J connectivity index is 3.19. The Kier molecular flexibility index (Phi) is 6.44. The lowest BCUT2D eigenvalue weighted by Gasteiger charge is -2.04. The van der Waals surface area contributed by atoms with Gasteiger partial charge in [-0.2, -0.15) is 0 Å². The highest BCUT2D eigenvalue weighted by molar-refractivity contribution is 5.70. The summed E-state index contributed by atoms with van der Waals surface area (Å²) in [5.41, 5.74) is 0. The van der Waals surface area contributed by atoms with Gasteiger partial charge in [0.25, 0.3) is 0 Å².